The lowest BCUT2D eigenvalue weighted by Crippen LogP contribution is -2.41. The van der Waals surface area contributed by atoms with Crippen molar-refractivity contribution in [3.63, 3.8) is 0 Å². The molecule has 1 amide bonds. The molecule has 3 aromatic rings. The van der Waals surface area contributed by atoms with Crippen LogP contribution in [0.4, 0.5) is 11.5 Å². The van der Waals surface area contributed by atoms with Crippen molar-refractivity contribution in [1.82, 2.24) is 14.5 Å². The summed E-state index contributed by atoms with van der Waals surface area (Å²) < 4.78 is 7.39. The van der Waals surface area contributed by atoms with Crippen LogP contribution in [-0.4, -0.2) is 40.7 Å². The molecule has 0 unspecified atom stereocenters. The molecule has 3 N–H and O–H groups in total. The Hall–Kier alpha value is -3.24. The number of methoxy groups -OCH3 is 1. The number of ether oxygens (including phenoxy) is 1. The molecule has 1 aromatic carbocycles. The van der Waals surface area contributed by atoms with E-state index in [2.05, 4.69) is 9.97 Å². The number of hydrogen-bond donors (Lipinski definition) is 2. The lowest BCUT2D eigenvalue weighted by atomic mass is 10.2. The summed E-state index contributed by atoms with van der Waals surface area (Å²) in [5, 5.41) is 0.669. The third kappa shape index (κ3) is 5.32. The van der Waals surface area contributed by atoms with Gasteiger partial charge in [-0.3, -0.25) is 19.1 Å². The van der Waals surface area contributed by atoms with Crippen molar-refractivity contribution in [2.45, 2.75) is 26.8 Å². The highest BCUT2D eigenvalue weighted by Crippen LogP contribution is 2.23. The number of thiazole rings is 1. The smallest absolute Gasteiger partial charge is 0.330 e. The molecule has 0 fully saturated rings. The molecule has 0 aliphatic heterocycles. The second-order valence-corrected chi connectivity index (χ2v) is 8.75. The Bertz CT molecular complexity index is 1210. The first-order valence-corrected chi connectivity index (χ1v) is 11.1. The van der Waals surface area contributed by atoms with Crippen LogP contribution in [-0.2, 0) is 16.1 Å². The molecule has 0 aliphatic carbocycles. The van der Waals surface area contributed by atoms with Gasteiger partial charge in [-0.15, -0.1) is 11.3 Å². The molecule has 2 heterocycles. The number of nitrogens with one attached hydrogen (secondary N) is 1. The minimum absolute atomic E-state index is 0.0356. The summed E-state index contributed by atoms with van der Waals surface area (Å²) in [4.78, 5) is 46.1. The molecule has 170 valence electrons. The van der Waals surface area contributed by atoms with E-state index in [4.69, 9.17) is 10.5 Å². The van der Waals surface area contributed by atoms with Crippen LogP contribution in [0.15, 0.2) is 39.9 Å². The lowest BCUT2D eigenvalue weighted by Gasteiger charge is -2.23. The summed E-state index contributed by atoms with van der Waals surface area (Å²) in [6.07, 6.45) is 3.46. The molecule has 9 nitrogen and oxygen atoms in total. The number of nitrogens with two attached hydrogens (primary N) is 1. The van der Waals surface area contributed by atoms with E-state index < -0.39 is 17.2 Å². The Morgan fingerprint density at radius 2 is 2.09 bits per heavy atom. The van der Waals surface area contributed by atoms with E-state index in [-0.39, 0.29) is 24.0 Å². The molecule has 10 heteroatoms. The van der Waals surface area contributed by atoms with E-state index in [1.54, 1.807) is 13.2 Å². The molecule has 0 spiro atoms. The van der Waals surface area contributed by atoms with Crippen LogP contribution in [0.1, 0.15) is 25.3 Å². The highest BCUT2D eigenvalue weighted by atomic mass is 32.1. The third-order valence-electron chi connectivity index (χ3n) is 4.71. The molecular weight excluding hydrogens is 430 g/mol. The fraction of sp³-hybridized carbons (Fsp3) is 0.364. The number of nitrogen functional groups attached to an aromatic ring is 1. The van der Waals surface area contributed by atoms with Crippen LogP contribution < -0.4 is 21.9 Å². The second-order valence-electron chi connectivity index (χ2n) is 7.69. The number of amides is 1. The number of benzene rings is 1. The minimum Gasteiger partial charge on any atom is -0.385 e. The van der Waals surface area contributed by atoms with Gasteiger partial charge in [0.1, 0.15) is 10.8 Å². The number of rotatable bonds is 9. The highest BCUT2D eigenvalue weighted by molar-refractivity contribution is 7.19. The number of aromatic amines is 1. The van der Waals surface area contributed by atoms with Crippen molar-refractivity contribution in [3.8, 4) is 0 Å². The van der Waals surface area contributed by atoms with Crippen molar-refractivity contribution in [3.05, 3.63) is 56.2 Å². The molecule has 0 atom stereocenters. The van der Waals surface area contributed by atoms with Crippen LogP contribution in [0.5, 0.6) is 0 Å². The fourth-order valence-electron chi connectivity index (χ4n) is 3.28. The average Bonchev–Trinajstić information content (AvgIpc) is 3.17. The normalized spacial score (nSPS) is 11.6. The van der Waals surface area contributed by atoms with Crippen molar-refractivity contribution in [2.75, 3.05) is 30.9 Å². The first-order valence-electron chi connectivity index (χ1n) is 10.3. The van der Waals surface area contributed by atoms with Gasteiger partial charge in [-0.1, -0.05) is 26.0 Å². The Morgan fingerprint density at radius 1 is 1.34 bits per heavy atom. The average molecular weight is 458 g/mol. The molecule has 2 aromatic heterocycles. The zero-order chi connectivity index (χ0) is 23.3. The maximum absolute atomic E-state index is 13.1. The molecule has 0 radical (unpaired) electrons. The summed E-state index contributed by atoms with van der Waals surface area (Å²) in [5.41, 5.74) is 5.73. The van der Waals surface area contributed by atoms with Gasteiger partial charge in [-0.25, -0.2) is 9.78 Å². The predicted octanol–water partition coefficient (Wildman–Crippen LogP) is 2.47. The van der Waals surface area contributed by atoms with Crippen LogP contribution in [0.25, 0.3) is 16.3 Å². The Labute approximate surface area is 189 Å². The van der Waals surface area contributed by atoms with Crippen LogP contribution >= 0.6 is 11.3 Å². The summed E-state index contributed by atoms with van der Waals surface area (Å²) in [6, 6.07) is 7.69. The molecule has 3 rings (SSSR count). The second kappa shape index (κ2) is 10.4. The first-order chi connectivity index (χ1) is 15.3. The van der Waals surface area contributed by atoms with Gasteiger partial charge in [0.25, 0.3) is 11.5 Å². The number of anilines is 2. The van der Waals surface area contributed by atoms with E-state index in [1.165, 1.54) is 26.9 Å². The van der Waals surface area contributed by atoms with Gasteiger partial charge in [-0.05, 0) is 30.5 Å². The zero-order valence-corrected chi connectivity index (χ0v) is 19.1. The molecule has 0 bridgehead atoms. The summed E-state index contributed by atoms with van der Waals surface area (Å²) in [5.74, 6) is -0.357. The number of aromatic nitrogens is 3. The van der Waals surface area contributed by atoms with Crippen molar-refractivity contribution >= 4 is 45.0 Å². The lowest BCUT2D eigenvalue weighted by molar-refractivity contribution is -0.114. The molecule has 0 saturated heterocycles. The third-order valence-corrected chi connectivity index (χ3v) is 5.71. The topological polar surface area (TPSA) is 123 Å². The van der Waals surface area contributed by atoms with Gasteiger partial charge in [0, 0.05) is 32.9 Å². The fourth-order valence-corrected chi connectivity index (χ4v) is 4.15. The largest absolute Gasteiger partial charge is 0.385 e. The number of H-pyrrole nitrogens is 1. The van der Waals surface area contributed by atoms with Gasteiger partial charge in [0.2, 0.25) is 0 Å². The molecular formula is C22H27N5O4S. The van der Waals surface area contributed by atoms with Gasteiger partial charge in [0.15, 0.2) is 5.69 Å². The van der Waals surface area contributed by atoms with Gasteiger partial charge >= 0.3 is 5.69 Å². The number of hydrogen-bond acceptors (Lipinski definition) is 7. The van der Waals surface area contributed by atoms with Crippen LogP contribution in [0.2, 0.25) is 0 Å². The quantitative estimate of drug-likeness (QED) is 0.376. The highest BCUT2D eigenvalue weighted by Gasteiger charge is 2.23. The van der Waals surface area contributed by atoms with Crippen molar-refractivity contribution in [1.29, 1.82) is 0 Å². The monoisotopic (exact) mass is 457 g/mol. The molecule has 0 aliphatic rings. The van der Waals surface area contributed by atoms with Crippen molar-refractivity contribution < 1.29 is 9.53 Å². The summed E-state index contributed by atoms with van der Waals surface area (Å²) >= 11 is 1.46. The van der Waals surface area contributed by atoms with E-state index in [0.29, 0.717) is 24.6 Å². The molecule has 32 heavy (non-hydrogen) atoms. The Kier molecular flexibility index (Phi) is 7.60. The maximum atomic E-state index is 13.1. The first kappa shape index (κ1) is 23.4. The number of carbonyl (C=O) groups excluding carboxylic acids is 1. The van der Waals surface area contributed by atoms with Crippen LogP contribution in [0.3, 0.4) is 0 Å². The van der Waals surface area contributed by atoms with E-state index in [1.807, 2.05) is 38.1 Å². The van der Waals surface area contributed by atoms with Gasteiger partial charge in [-0.2, -0.15) is 0 Å². The van der Waals surface area contributed by atoms with Gasteiger partial charge in [0.05, 0.1) is 10.2 Å². The Morgan fingerprint density at radius 3 is 2.78 bits per heavy atom. The number of nitrogens with zero attached hydrogens (tertiary/aromatic N) is 3. The minimum atomic E-state index is -0.702. The summed E-state index contributed by atoms with van der Waals surface area (Å²) in [7, 11) is 1.56. The summed E-state index contributed by atoms with van der Waals surface area (Å²) in [6.45, 7) is 4.77. The van der Waals surface area contributed by atoms with E-state index >= 15 is 0 Å². The molecule has 0 saturated carbocycles. The van der Waals surface area contributed by atoms with E-state index in [9.17, 15) is 14.4 Å². The number of para-hydroxylation sites is 1. The number of carbonyl (C=O) groups is 1. The van der Waals surface area contributed by atoms with Gasteiger partial charge < -0.3 is 15.4 Å². The van der Waals surface area contributed by atoms with Crippen LogP contribution in [0, 0.1) is 5.92 Å². The standard InChI is InChI=1S/C22H27N5O4S/c1-14(2)13-27-20(23)19(21(29)25-22(27)30)26(11-6-12-31-3)18(28)10-9-17-24-15-7-4-5-8-16(15)32-17/h4-5,7-10,14H,6,11-13,23H2,1-3H3,(H,25,29,30). The van der Waals surface area contributed by atoms with Crippen molar-refractivity contribution in [2.24, 2.45) is 5.92 Å². The Balaban J connectivity index is 1.98. The number of fused-ring (bicyclic) bond motifs is 1. The van der Waals surface area contributed by atoms with E-state index in [0.717, 1.165) is 10.2 Å². The maximum Gasteiger partial charge on any atom is 0.330 e. The SMILES string of the molecule is COCCCN(C(=O)C=Cc1nc2ccccc2s1)c1c(N)n(CC(C)C)c(=O)[nH]c1=O. The zero-order valence-electron chi connectivity index (χ0n) is 18.3. The predicted molar refractivity (Wildman–Crippen MR) is 128 cm³/mol.